The zero-order valence-electron chi connectivity index (χ0n) is 11.0. The van der Waals surface area contributed by atoms with E-state index in [0.29, 0.717) is 5.82 Å². The molecule has 0 fully saturated rings. The van der Waals surface area contributed by atoms with Crippen LogP contribution < -0.4 is 10.6 Å². The molecule has 1 aromatic heterocycles. The largest absolute Gasteiger partial charge is 0.481 e. The number of nitrogens with zero attached hydrogens (tertiary/aromatic N) is 2. The lowest BCUT2D eigenvalue weighted by molar-refractivity contribution is -0.137. The van der Waals surface area contributed by atoms with Crippen molar-refractivity contribution in [3.63, 3.8) is 0 Å². The first-order valence-corrected chi connectivity index (χ1v) is 6.11. The molecule has 3 N–H and O–H groups in total. The zero-order valence-corrected chi connectivity index (χ0v) is 11.0. The van der Waals surface area contributed by atoms with Gasteiger partial charge in [-0.3, -0.25) is 9.59 Å². The van der Waals surface area contributed by atoms with Crippen LogP contribution >= 0.6 is 0 Å². The van der Waals surface area contributed by atoms with Crippen LogP contribution in [0, 0.1) is 0 Å². The third-order valence-electron chi connectivity index (χ3n) is 2.53. The fourth-order valence-corrected chi connectivity index (χ4v) is 1.65. The van der Waals surface area contributed by atoms with Crippen LogP contribution in [0.25, 0.3) is 0 Å². The van der Waals surface area contributed by atoms with Crippen LogP contribution in [0.4, 0.5) is 5.82 Å². The Kier molecular flexibility index (Phi) is 5.72. The van der Waals surface area contributed by atoms with Gasteiger partial charge in [0.25, 0.3) is 5.91 Å². The van der Waals surface area contributed by atoms with Gasteiger partial charge in [-0.2, -0.15) is 0 Å². The Hall–Kier alpha value is -2.18. The van der Waals surface area contributed by atoms with Crippen LogP contribution in [0.3, 0.4) is 0 Å². The number of nitrogens with one attached hydrogen (secondary N) is 2. The molecule has 1 atom stereocenters. The number of amides is 1. The third-order valence-corrected chi connectivity index (χ3v) is 2.53. The minimum Gasteiger partial charge on any atom is -0.481 e. The Morgan fingerprint density at radius 2 is 2.11 bits per heavy atom. The highest BCUT2D eigenvalue weighted by Crippen LogP contribution is 2.10. The Balaban J connectivity index is 2.68. The molecule has 0 saturated carbocycles. The first-order valence-electron chi connectivity index (χ1n) is 6.11. The second-order valence-electron chi connectivity index (χ2n) is 4.11. The Morgan fingerprint density at radius 1 is 1.37 bits per heavy atom. The Labute approximate surface area is 111 Å². The van der Waals surface area contributed by atoms with E-state index in [0.717, 1.165) is 12.8 Å². The molecule has 0 saturated heterocycles. The molecule has 1 amide bonds. The van der Waals surface area contributed by atoms with Crippen molar-refractivity contribution < 1.29 is 14.7 Å². The minimum atomic E-state index is -0.860. The van der Waals surface area contributed by atoms with Gasteiger partial charge in [0.05, 0.1) is 6.42 Å². The predicted octanol–water partition coefficient (Wildman–Crippen LogP) is 0.891. The smallest absolute Gasteiger partial charge is 0.305 e. The second kappa shape index (κ2) is 7.30. The standard InChI is InChI=1S/C12H18N4O3/c1-3-4-8(7-11(17)18)14-10-6-5-9(15-16-10)12(19)13-2/h5-6,8H,3-4,7H2,1-2H3,(H,13,19)(H,14,16)(H,17,18). The first-order chi connectivity index (χ1) is 9.06. The number of carbonyl (C=O) groups is 2. The maximum atomic E-state index is 11.3. The molecular weight excluding hydrogens is 248 g/mol. The summed E-state index contributed by atoms with van der Waals surface area (Å²) in [6.45, 7) is 1.98. The lowest BCUT2D eigenvalue weighted by Crippen LogP contribution is -2.24. The van der Waals surface area contributed by atoms with Gasteiger partial charge in [0.15, 0.2) is 5.69 Å². The van der Waals surface area contributed by atoms with Gasteiger partial charge in [0, 0.05) is 13.1 Å². The molecule has 104 valence electrons. The van der Waals surface area contributed by atoms with Crippen LogP contribution in [-0.4, -0.2) is 40.3 Å². The average molecular weight is 266 g/mol. The molecule has 1 rings (SSSR count). The first kappa shape index (κ1) is 14.9. The number of aliphatic carboxylic acids is 1. The van der Waals surface area contributed by atoms with Crippen molar-refractivity contribution in [1.82, 2.24) is 15.5 Å². The van der Waals surface area contributed by atoms with E-state index in [1.807, 2.05) is 6.92 Å². The normalized spacial score (nSPS) is 11.7. The highest BCUT2D eigenvalue weighted by atomic mass is 16.4. The van der Waals surface area contributed by atoms with Crippen molar-refractivity contribution >= 4 is 17.7 Å². The lowest BCUT2D eigenvalue weighted by Gasteiger charge is -2.16. The van der Waals surface area contributed by atoms with Gasteiger partial charge in [-0.25, -0.2) is 0 Å². The summed E-state index contributed by atoms with van der Waals surface area (Å²) >= 11 is 0. The Morgan fingerprint density at radius 3 is 2.58 bits per heavy atom. The maximum Gasteiger partial charge on any atom is 0.305 e. The molecule has 7 nitrogen and oxygen atoms in total. The van der Waals surface area contributed by atoms with Gasteiger partial charge >= 0.3 is 5.97 Å². The molecule has 0 radical (unpaired) electrons. The summed E-state index contributed by atoms with van der Waals surface area (Å²) in [6, 6.07) is 2.96. The van der Waals surface area contributed by atoms with E-state index in [-0.39, 0.29) is 24.1 Å². The van der Waals surface area contributed by atoms with Crippen LogP contribution in [0.5, 0.6) is 0 Å². The van der Waals surface area contributed by atoms with Crippen molar-refractivity contribution in [3.8, 4) is 0 Å². The fourth-order valence-electron chi connectivity index (χ4n) is 1.65. The summed E-state index contributed by atoms with van der Waals surface area (Å²) in [6.07, 6.45) is 1.62. The van der Waals surface area contributed by atoms with E-state index in [9.17, 15) is 9.59 Å². The number of carboxylic acid groups (broad SMARTS) is 1. The number of carbonyl (C=O) groups excluding carboxylic acids is 1. The fraction of sp³-hybridized carbons (Fsp3) is 0.500. The van der Waals surface area contributed by atoms with Crippen molar-refractivity contribution in [1.29, 1.82) is 0 Å². The van der Waals surface area contributed by atoms with Gasteiger partial charge in [0.2, 0.25) is 0 Å². The third kappa shape index (κ3) is 4.90. The zero-order chi connectivity index (χ0) is 14.3. The van der Waals surface area contributed by atoms with Crippen LogP contribution in [0.2, 0.25) is 0 Å². The van der Waals surface area contributed by atoms with Crippen LogP contribution in [0.1, 0.15) is 36.7 Å². The second-order valence-corrected chi connectivity index (χ2v) is 4.11. The summed E-state index contributed by atoms with van der Waals surface area (Å²) < 4.78 is 0. The lowest BCUT2D eigenvalue weighted by atomic mass is 10.1. The number of rotatable bonds is 7. The highest BCUT2D eigenvalue weighted by molar-refractivity contribution is 5.91. The molecule has 0 aliphatic heterocycles. The van der Waals surface area contributed by atoms with Crippen molar-refractivity contribution in [2.45, 2.75) is 32.2 Å². The number of hydrogen-bond donors (Lipinski definition) is 3. The average Bonchev–Trinajstić information content (AvgIpc) is 2.38. The minimum absolute atomic E-state index is 0.0206. The molecule has 7 heteroatoms. The van der Waals surface area contributed by atoms with Gasteiger partial charge in [-0.05, 0) is 18.6 Å². The number of anilines is 1. The topological polar surface area (TPSA) is 104 Å². The molecular formula is C12H18N4O3. The van der Waals surface area contributed by atoms with E-state index >= 15 is 0 Å². The summed E-state index contributed by atoms with van der Waals surface area (Å²) in [5.41, 5.74) is 0.221. The molecule has 0 aliphatic rings. The molecule has 0 spiro atoms. The molecule has 0 aromatic carbocycles. The van der Waals surface area contributed by atoms with E-state index < -0.39 is 5.97 Å². The van der Waals surface area contributed by atoms with E-state index in [1.54, 1.807) is 6.07 Å². The van der Waals surface area contributed by atoms with Crippen LogP contribution in [-0.2, 0) is 4.79 Å². The number of hydrogen-bond acceptors (Lipinski definition) is 5. The monoisotopic (exact) mass is 266 g/mol. The molecule has 0 bridgehead atoms. The van der Waals surface area contributed by atoms with Gasteiger partial charge < -0.3 is 15.7 Å². The molecule has 1 unspecified atom stereocenters. The quantitative estimate of drug-likeness (QED) is 0.677. The SMILES string of the molecule is CCCC(CC(=O)O)Nc1ccc(C(=O)NC)nn1. The summed E-state index contributed by atoms with van der Waals surface area (Å²) in [5, 5.41) is 21.9. The molecule has 19 heavy (non-hydrogen) atoms. The van der Waals surface area contributed by atoms with E-state index in [4.69, 9.17) is 5.11 Å². The molecule has 0 aliphatic carbocycles. The van der Waals surface area contributed by atoms with Gasteiger partial charge in [-0.1, -0.05) is 13.3 Å². The number of aromatic nitrogens is 2. The highest BCUT2D eigenvalue weighted by Gasteiger charge is 2.13. The number of carboxylic acids is 1. The van der Waals surface area contributed by atoms with Crippen molar-refractivity contribution in [2.24, 2.45) is 0 Å². The summed E-state index contributed by atoms with van der Waals surface area (Å²) in [7, 11) is 1.51. The summed E-state index contributed by atoms with van der Waals surface area (Å²) in [4.78, 5) is 22.0. The van der Waals surface area contributed by atoms with Gasteiger partial charge in [-0.15, -0.1) is 10.2 Å². The molecule has 1 heterocycles. The van der Waals surface area contributed by atoms with E-state index in [1.165, 1.54) is 13.1 Å². The van der Waals surface area contributed by atoms with Crippen molar-refractivity contribution in [2.75, 3.05) is 12.4 Å². The maximum absolute atomic E-state index is 11.3. The molecule has 1 aromatic rings. The predicted molar refractivity (Wildman–Crippen MR) is 70.0 cm³/mol. The van der Waals surface area contributed by atoms with Crippen LogP contribution in [0.15, 0.2) is 12.1 Å². The Bertz CT molecular complexity index is 433. The summed E-state index contributed by atoms with van der Waals surface area (Å²) in [5.74, 6) is -0.706. The van der Waals surface area contributed by atoms with Gasteiger partial charge in [0.1, 0.15) is 5.82 Å². The van der Waals surface area contributed by atoms with Crippen molar-refractivity contribution in [3.05, 3.63) is 17.8 Å². The van der Waals surface area contributed by atoms with E-state index in [2.05, 4.69) is 20.8 Å².